The van der Waals surface area contributed by atoms with Gasteiger partial charge < -0.3 is 31.9 Å². The number of primary amides is 1. The van der Waals surface area contributed by atoms with Crippen molar-refractivity contribution in [3.63, 3.8) is 0 Å². The molecule has 0 bridgehead atoms. The van der Waals surface area contributed by atoms with Crippen molar-refractivity contribution in [1.82, 2.24) is 9.88 Å². The van der Waals surface area contributed by atoms with E-state index in [1.165, 1.54) is 25.2 Å². The number of carbonyl (C=O) groups excluding carboxylic acids is 3. The molecule has 11 nitrogen and oxygen atoms in total. The van der Waals surface area contributed by atoms with E-state index in [-0.39, 0.29) is 29.8 Å². The maximum absolute atomic E-state index is 13.5. The first-order valence-corrected chi connectivity index (χ1v) is 9.53. The minimum atomic E-state index is -2.65. The van der Waals surface area contributed by atoms with Crippen LogP contribution in [0.15, 0.2) is 23.1 Å². The van der Waals surface area contributed by atoms with E-state index in [0.29, 0.717) is 5.56 Å². The molecule has 0 saturated heterocycles. The second-order valence-electron chi connectivity index (χ2n) is 8.35. The van der Waals surface area contributed by atoms with E-state index in [0.717, 1.165) is 0 Å². The highest BCUT2D eigenvalue weighted by molar-refractivity contribution is 6.24. The molecule has 4 atom stereocenters. The summed E-state index contributed by atoms with van der Waals surface area (Å²) in [5, 5.41) is 43.3. The molecular weight excluding hydrogens is 408 g/mol. The van der Waals surface area contributed by atoms with Gasteiger partial charge in [-0.25, -0.2) is 4.98 Å². The Hall–Kier alpha value is -3.44. The lowest BCUT2D eigenvalue weighted by atomic mass is 9.57. The first kappa shape index (κ1) is 20.8. The fraction of sp³-hybridized carbons (Fsp3) is 0.400. The molecule has 0 aromatic carbocycles. The van der Waals surface area contributed by atoms with E-state index in [2.05, 4.69) is 4.98 Å². The van der Waals surface area contributed by atoms with E-state index >= 15 is 0 Å². The van der Waals surface area contributed by atoms with Crippen LogP contribution in [0, 0.1) is 11.8 Å². The zero-order valence-electron chi connectivity index (χ0n) is 16.8. The Labute approximate surface area is 176 Å². The maximum Gasteiger partial charge on any atom is 0.255 e. The van der Waals surface area contributed by atoms with Gasteiger partial charge in [0.2, 0.25) is 5.78 Å². The topological polar surface area (TPSA) is 200 Å². The van der Waals surface area contributed by atoms with Crippen LogP contribution in [0.3, 0.4) is 0 Å². The number of nitrogens with zero attached hydrogens (tertiary/aromatic N) is 2. The number of aliphatic hydroxyl groups is 3. The number of nitrogen functional groups attached to an aromatic ring is 1. The molecule has 1 amide bonds. The monoisotopic (exact) mass is 430 g/mol. The highest BCUT2D eigenvalue weighted by atomic mass is 16.3. The fourth-order valence-corrected chi connectivity index (χ4v) is 5.12. The van der Waals surface area contributed by atoms with Gasteiger partial charge in [-0.2, -0.15) is 0 Å². The van der Waals surface area contributed by atoms with Gasteiger partial charge >= 0.3 is 0 Å². The molecule has 1 aromatic heterocycles. The summed E-state index contributed by atoms with van der Waals surface area (Å²) in [6.45, 7) is 0. The molecular formula is C20H22N4O7. The lowest BCUT2D eigenvalue weighted by Crippen LogP contribution is -2.65. The van der Waals surface area contributed by atoms with Crippen molar-refractivity contribution in [1.29, 1.82) is 0 Å². The van der Waals surface area contributed by atoms with Gasteiger partial charge in [-0.05, 0) is 38.4 Å². The molecule has 31 heavy (non-hydrogen) atoms. The van der Waals surface area contributed by atoms with E-state index in [1.807, 2.05) is 0 Å². The number of aliphatic hydroxyl groups excluding tert-OH is 2. The van der Waals surface area contributed by atoms with Crippen LogP contribution >= 0.6 is 0 Å². The van der Waals surface area contributed by atoms with Gasteiger partial charge in [-0.1, -0.05) is 0 Å². The number of pyridine rings is 1. The van der Waals surface area contributed by atoms with Gasteiger partial charge in [0.25, 0.3) is 5.91 Å². The molecule has 4 rings (SSSR count). The number of fused-ring (bicyclic) bond motifs is 3. The number of Topliss-reactive ketones (excluding diaryl/α,β-unsaturated/α-hetero) is 2. The average molecular weight is 430 g/mol. The number of nitrogens with two attached hydrogens (primary N) is 2. The van der Waals surface area contributed by atoms with E-state index in [1.54, 1.807) is 0 Å². The van der Waals surface area contributed by atoms with Crippen LogP contribution < -0.4 is 11.5 Å². The number of amides is 1. The van der Waals surface area contributed by atoms with Gasteiger partial charge in [0.05, 0.1) is 11.6 Å². The van der Waals surface area contributed by atoms with Gasteiger partial charge in [0.1, 0.15) is 17.1 Å². The van der Waals surface area contributed by atoms with Crippen molar-refractivity contribution < 1.29 is 34.8 Å². The molecule has 3 aliphatic carbocycles. The third-order valence-electron chi connectivity index (χ3n) is 6.49. The van der Waals surface area contributed by atoms with Crippen LogP contribution in [0.5, 0.6) is 5.75 Å². The summed E-state index contributed by atoms with van der Waals surface area (Å²) in [6.07, 6.45) is 1.58. The molecule has 0 spiro atoms. The molecule has 0 radical (unpaired) electrons. The van der Waals surface area contributed by atoms with E-state index < -0.39 is 63.8 Å². The summed E-state index contributed by atoms with van der Waals surface area (Å²) in [6, 6.07) is -1.12. The summed E-state index contributed by atoms with van der Waals surface area (Å²) in [5.41, 5.74) is 7.50. The Morgan fingerprint density at radius 2 is 1.90 bits per heavy atom. The lowest BCUT2D eigenvalue weighted by molar-refractivity contribution is -0.153. The van der Waals surface area contributed by atoms with Crippen molar-refractivity contribution in [3.05, 3.63) is 34.2 Å². The van der Waals surface area contributed by atoms with Crippen LogP contribution in [0.1, 0.15) is 17.5 Å². The number of rotatable bonds is 2. The summed E-state index contributed by atoms with van der Waals surface area (Å²) in [4.78, 5) is 43.6. The van der Waals surface area contributed by atoms with Crippen molar-refractivity contribution in [2.45, 2.75) is 24.5 Å². The quantitative estimate of drug-likeness (QED) is 0.314. The number of carbonyl (C=O) groups is 3. The molecule has 0 aliphatic heterocycles. The molecule has 1 fully saturated rings. The van der Waals surface area contributed by atoms with Gasteiger partial charge in [0, 0.05) is 17.7 Å². The van der Waals surface area contributed by atoms with Crippen LogP contribution in [0.25, 0.3) is 5.76 Å². The molecule has 8 N–H and O–H groups in total. The Morgan fingerprint density at radius 1 is 1.26 bits per heavy atom. The smallest absolute Gasteiger partial charge is 0.255 e. The maximum atomic E-state index is 13.5. The van der Waals surface area contributed by atoms with E-state index in [9.17, 15) is 34.8 Å². The van der Waals surface area contributed by atoms with Crippen LogP contribution in [0.4, 0.5) is 5.82 Å². The highest BCUT2D eigenvalue weighted by Gasteiger charge is 2.64. The lowest BCUT2D eigenvalue weighted by Gasteiger charge is -2.50. The Balaban J connectivity index is 1.98. The second kappa shape index (κ2) is 6.53. The predicted octanol–water partition coefficient (Wildman–Crippen LogP) is -1.06. The highest BCUT2D eigenvalue weighted by Crippen LogP contribution is 2.52. The minimum absolute atomic E-state index is 0.0247. The van der Waals surface area contributed by atoms with Crippen molar-refractivity contribution >= 4 is 29.1 Å². The van der Waals surface area contributed by atoms with Gasteiger partial charge in [-0.15, -0.1) is 0 Å². The number of hydrogen-bond donors (Lipinski definition) is 6. The van der Waals surface area contributed by atoms with Crippen LogP contribution in [-0.4, -0.2) is 73.5 Å². The van der Waals surface area contributed by atoms with Crippen molar-refractivity contribution in [2.75, 3.05) is 19.8 Å². The summed E-state index contributed by atoms with van der Waals surface area (Å²) < 4.78 is 0. The molecule has 11 heteroatoms. The van der Waals surface area contributed by atoms with Crippen molar-refractivity contribution in [2.24, 2.45) is 17.6 Å². The third-order valence-corrected chi connectivity index (χ3v) is 6.49. The molecule has 164 valence electrons. The molecule has 3 aliphatic rings. The standard InChI is InChI=1S/C20H22N4O7/c1-24(2)12-8-4-6-3-7-5-23-18(21)15(27)9(7)13(25)10(6)16(28)20(8,31)17(29)11(14(12)26)19(22)30/h5-6,8,12,25,27,29,31H,3-4H2,1-2H3,(H2,21,23)(H2,22,30)/t6-,8-,12-,20-/m0/s1. The van der Waals surface area contributed by atoms with E-state index in [4.69, 9.17) is 11.5 Å². The zero-order chi connectivity index (χ0) is 23.0. The first-order chi connectivity index (χ1) is 14.4. The predicted molar refractivity (Wildman–Crippen MR) is 106 cm³/mol. The number of aromatic hydroxyl groups is 1. The van der Waals surface area contributed by atoms with Gasteiger partial charge in [0.15, 0.2) is 23.0 Å². The summed E-state index contributed by atoms with van der Waals surface area (Å²) in [5.74, 6) is -7.36. The SMILES string of the molecule is CN(C)[C@@H]1C(=O)C(C(N)=O)=C(O)[C@@]2(O)C(=O)C3=C(O)c4c(cnc(N)c4O)C[C@H]3C[C@@H]12. The molecule has 1 saturated carbocycles. The normalized spacial score (nSPS) is 30.3. The number of likely N-dealkylation sites (N-methyl/N-ethyl adjacent to an activating group) is 1. The Bertz CT molecular complexity index is 1120. The molecule has 0 unspecified atom stereocenters. The summed E-state index contributed by atoms with van der Waals surface area (Å²) in [7, 11) is 3.08. The zero-order valence-corrected chi connectivity index (χ0v) is 16.8. The Morgan fingerprint density at radius 3 is 2.48 bits per heavy atom. The second-order valence-corrected chi connectivity index (χ2v) is 8.35. The summed E-state index contributed by atoms with van der Waals surface area (Å²) >= 11 is 0. The molecule has 1 aromatic rings. The average Bonchev–Trinajstić information content (AvgIpc) is 2.67. The Kier molecular flexibility index (Phi) is 4.38. The van der Waals surface area contributed by atoms with Crippen LogP contribution in [-0.2, 0) is 20.8 Å². The third kappa shape index (κ3) is 2.53. The number of hydrogen-bond acceptors (Lipinski definition) is 10. The fourth-order valence-electron chi connectivity index (χ4n) is 5.12. The van der Waals surface area contributed by atoms with Crippen LogP contribution in [0.2, 0.25) is 0 Å². The number of anilines is 1. The van der Waals surface area contributed by atoms with Gasteiger partial charge in [-0.3, -0.25) is 19.3 Å². The molecule has 1 heterocycles. The largest absolute Gasteiger partial charge is 0.508 e. The first-order valence-electron chi connectivity index (χ1n) is 9.53. The number of aromatic nitrogens is 1. The minimum Gasteiger partial charge on any atom is -0.508 e. The van der Waals surface area contributed by atoms with Crippen molar-refractivity contribution in [3.8, 4) is 5.75 Å². The number of ketones is 2.